The van der Waals surface area contributed by atoms with Crippen molar-refractivity contribution >= 4 is 0 Å². The van der Waals surface area contributed by atoms with Gasteiger partial charge in [-0.1, -0.05) is 46.0 Å². The van der Waals surface area contributed by atoms with Crippen LogP contribution in [0.25, 0.3) is 0 Å². The zero-order valence-corrected chi connectivity index (χ0v) is 9.31. The average Bonchev–Trinajstić information content (AvgIpc) is 2.75. The third-order valence-electron chi connectivity index (χ3n) is 3.41. The Morgan fingerprint density at radius 3 is 2.08 bits per heavy atom. The highest BCUT2D eigenvalue weighted by atomic mass is 14.9. The van der Waals surface area contributed by atoms with Crippen molar-refractivity contribution in [3.05, 3.63) is 0 Å². The van der Waals surface area contributed by atoms with Crippen molar-refractivity contribution in [1.29, 1.82) is 0 Å². The van der Waals surface area contributed by atoms with E-state index in [-0.39, 0.29) is 0 Å². The van der Waals surface area contributed by atoms with Crippen LogP contribution in [0.5, 0.6) is 0 Å². The Kier molecular flexibility index (Phi) is 5.45. The summed E-state index contributed by atoms with van der Waals surface area (Å²) < 4.78 is 0. The lowest BCUT2D eigenvalue weighted by Crippen LogP contribution is -2.20. The molecule has 13 heavy (non-hydrogen) atoms. The van der Waals surface area contributed by atoms with E-state index in [9.17, 15) is 0 Å². The summed E-state index contributed by atoms with van der Waals surface area (Å²) in [5.74, 6) is 2.12. The lowest BCUT2D eigenvalue weighted by atomic mass is 9.80. The van der Waals surface area contributed by atoms with E-state index >= 15 is 0 Å². The van der Waals surface area contributed by atoms with Crippen molar-refractivity contribution in [3.63, 3.8) is 0 Å². The molecule has 1 atom stereocenters. The van der Waals surface area contributed by atoms with Crippen molar-refractivity contribution in [2.24, 2.45) is 11.8 Å². The molecule has 1 unspecified atom stereocenters. The fourth-order valence-electron chi connectivity index (χ4n) is 2.68. The summed E-state index contributed by atoms with van der Waals surface area (Å²) in [5, 5.41) is 3.47. The summed E-state index contributed by atoms with van der Waals surface area (Å²) in [7, 11) is 0. The molecule has 2 fully saturated rings. The fourth-order valence-corrected chi connectivity index (χ4v) is 2.68. The first-order chi connectivity index (χ1) is 6.47. The van der Waals surface area contributed by atoms with Crippen molar-refractivity contribution in [2.45, 2.75) is 52.4 Å². The van der Waals surface area contributed by atoms with Crippen LogP contribution in [0, 0.1) is 11.8 Å². The zero-order chi connectivity index (χ0) is 9.52. The molecule has 0 radical (unpaired) electrons. The molecule has 1 heterocycles. The summed E-state index contributed by atoms with van der Waals surface area (Å²) >= 11 is 0. The van der Waals surface area contributed by atoms with E-state index in [0.717, 1.165) is 11.8 Å². The van der Waals surface area contributed by atoms with Crippen LogP contribution in [0.15, 0.2) is 0 Å². The van der Waals surface area contributed by atoms with E-state index in [0.29, 0.717) is 0 Å². The molecule has 0 aromatic rings. The highest BCUT2D eigenvalue weighted by Gasteiger charge is 2.25. The first-order valence-corrected chi connectivity index (χ1v) is 6.17. The van der Waals surface area contributed by atoms with Gasteiger partial charge in [0, 0.05) is 0 Å². The molecule has 1 N–H and O–H groups in total. The Bertz CT molecular complexity index is 110. The minimum Gasteiger partial charge on any atom is -0.316 e. The van der Waals surface area contributed by atoms with Gasteiger partial charge < -0.3 is 5.32 Å². The van der Waals surface area contributed by atoms with Gasteiger partial charge in [0.1, 0.15) is 0 Å². The van der Waals surface area contributed by atoms with Gasteiger partial charge in [-0.2, -0.15) is 0 Å². The number of rotatable bonds is 1. The van der Waals surface area contributed by atoms with E-state index < -0.39 is 0 Å². The molecular formula is C12H25N. The van der Waals surface area contributed by atoms with Crippen LogP contribution in [-0.4, -0.2) is 13.1 Å². The molecule has 0 aromatic heterocycles. The van der Waals surface area contributed by atoms with E-state index in [1.54, 1.807) is 0 Å². The van der Waals surface area contributed by atoms with Gasteiger partial charge in [0.15, 0.2) is 0 Å². The van der Waals surface area contributed by atoms with Gasteiger partial charge in [0.05, 0.1) is 0 Å². The molecule has 1 heteroatoms. The van der Waals surface area contributed by atoms with Gasteiger partial charge in [-0.3, -0.25) is 0 Å². The number of hydrogen-bond donors (Lipinski definition) is 1. The molecular weight excluding hydrogens is 158 g/mol. The van der Waals surface area contributed by atoms with Crippen LogP contribution in [0.3, 0.4) is 0 Å². The molecule has 2 aliphatic rings. The van der Waals surface area contributed by atoms with E-state index in [4.69, 9.17) is 0 Å². The molecule has 2 rings (SSSR count). The van der Waals surface area contributed by atoms with Crippen LogP contribution in [0.2, 0.25) is 0 Å². The molecule has 0 aromatic carbocycles. The summed E-state index contributed by atoms with van der Waals surface area (Å²) in [6.07, 6.45) is 8.99. The highest BCUT2D eigenvalue weighted by Crippen LogP contribution is 2.32. The Hall–Kier alpha value is -0.0400. The maximum Gasteiger partial charge on any atom is -0.00174 e. The van der Waals surface area contributed by atoms with Gasteiger partial charge in [-0.25, -0.2) is 0 Å². The second kappa shape index (κ2) is 6.42. The van der Waals surface area contributed by atoms with E-state index in [1.165, 1.54) is 51.6 Å². The molecule has 1 nitrogen and oxygen atoms in total. The molecule has 78 valence electrons. The van der Waals surface area contributed by atoms with E-state index in [1.807, 2.05) is 13.8 Å². The summed E-state index contributed by atoms with van der Waals surface area (Å²) in [6, 6.07) is 0. The van der Waals surface area contributed by atoms with Crippen molar-refractivity contribution in [3.8, 4) is 0 Å². The summed E-state index contributed by atoms with van der Waals surface area (Å²) in [5.41, 5.74) is 0. The van der Waals surface area contributed by atoms with Gasteiger partial charge in [0.25, 0.3) is 0 Å². The first-order valence-electron chi connectivity index (χ1n) is 6.17. The fraction of sp³-hybridized carbons (Fsp3) is 1.00. The smallest absolute Gasteiger partial charge is 0.00174 e. The molecule has 1 saturated carbocycles. The van der Waals surface area contributed by atoms with Crippen molar-refractivity contribution in [2.75, 3.05) is 13.1 Å². The summed E-state index contributed by atoms with van der Waals surface area (Å²) in [6.45, 7) is 6.59. The lowest BCUT2D eigenvalue weighted by molar-refractivity contribution is 0.263. The summed E-state index contributed by atoms with van der Waals surface area (Å²) in [4.78, 5) is 0. The van der Waals surface area contributed by atoms with Crippen LogP contribution in [0.4, 0.5) is 0 Å². The Labute approximate surface area is 83.3 Å². The van der Waals surface area contributed by atoms with Crippen molar-refractivity contribution in [1.82, 2.24) is 5.32 Å². The minimum atomic E-state index is 1.04. The van der Waals surface area contributed by atoms with Crippen LogP contribution < -0.4 is 5.32 Å². The normalized spacial score (nSPS) is 29.5. The van der Waals surface area contributed by atoms with Crippen LogP contribution in [-0.2, 0) is 0 Å². The Morgan fingerprint density at radius 2 is 1.54 bits per heavy atom. The average molecular weight is 183 g/mol. The second-order valence-corrected chi connectivity index (χ2v) is 4.15. The monoisotopic (exact) mass is 183 g/mol. The van der Waals surface area contributed by atoms with E-state index in [2.05, 4.69) is 5.32 Å². The number of hydrogen-bond acceptors (Lipinski definition) is 1. The minimum absolute atomic E-state index is 1.04. The zero-order valence-electron chi connectivity index (χ0n) is 9.31. The Morgan fingerprint density at radius 1 is 0.846 bits per heavy atom. The van der Waals surface area contributed by atoms with Crippen LogP contribution >= 0.6 is 0 Å². The highest BCUT2D eigenvalue weighted by molar-refractivity contribution is 4.80. The predicted octanol–water partition coefficient (Wildman–Crippen LogP) is 3.20. The molecule has 0 spiro atoms. The quantitative estimate of drug-likeness (QED) is 0.658. The van der Waals surface area contributed by atoms with Gasteiger partial charge in [-0.05, 0) is 31.3 Å². The van der Waals surface area contributed by atoms with Gasteiger partial charge in [-0.15, -0.1) is 0 Å². The number of nitrogens with one attached hydrogen (secondary N) is 1. The van der Waals surface area contributed by atoms with Crippen LogP contribution in [0.1, 0.15) is 52.4 Å². The first kappa shape index (κ1) is 11.0. The maximum absolute atomic E-state index is 3.47. The van der Waals surface area contributed by atoms with Crippen molar-refractivity contribution < 1.29 is 0 Å². The molecule has 1 aliphatic carbocycles. The van der Waals surface area contributed by atoms with Gasteiger partial charge in [0.2, 0.25) is 0 Å². The predicted molar refractivity (Wildman–Crippen MR) is 58.9 cm³/mol. The topological polar surface area (TPSA) is 12.0 Å². The third-order valence-corrected chi connectivity index (χ3v) is 3.41. The SMILES string of the molecule is C1CCC(C2CCNC2)CC1.CC. The largest absolute Gasteiger partial charge is 0.316 e. The molecule has 1 saturated heterocycles. The van der Waals surface area contributed by atoms with Gasteiger partial charge >= 0.3 is 0 Å². The third kappa shape index (κ3) is 3.30. The second-order valence-electron chi connectivity index (χ2n) is 4.15. The standard InChI is InChI=1S/C10H19N.C2H6/c1-2-4-9(5-3-1)10-6-7-11-8-10;1-2/h9-11H,1-8H2;1-2H3. The lowest BCUT2D eigenvalue weighted by Gasteiger charge is -2.26. The molecule has 0 amide bonds. The Balaban J connectivity index is 0.000000396. The maximum atomic E-state index is 3.47. The molecule has 0 bridgehead atoms. The molecule has 1 aliphatic heterocycles.